The molecule has 0 aliphatic carbocycles. The molecule has 2 heterocycles. The van der Waals surface area contributed by atoms with Gasteiger partial charge < -0.3 is 10.2 Å². The van der Waals surface area contributed by atoms with Gasteiger partial charge in [-0.25, -0.2) is 9.97 Å². The highest BCUT2D eigenvalue weighted by Crippen LogP contribution is 2.29. The molecule has 0 aliphatic heterocycles. The van der Waals surface area contributed by atoms with Crippen molar-refractivity contribution in [2.75, 3.05) is 5.73 Å². The summed E-state index contributed by atoms with van der Waals surface area (Å²) in [6.45, 7) is 0. The number of anilines is 1. The zero-order chi connectivity index (χ0) is 9.26. The maximum Gasteiger partial charge on any atom is 0.170 e. The monoisotopic (exact) mass is 239 g/mol. The zero-order valence-electron chi connectivity index (χ0n) is 6.57. The molecule has 0 saturated heterocycles. The van der Waals surface area contributed by atoms with Crippen molar-refractivity contribution >= 4 is 21.7 Å². The maximum absolute atomic E-state index is 5.63. The van der Waals surface area contributed by atoms with Gasteiger partial charge >= 0.3 is 0 Å². The lowest BCUT2D eigenvalue weighted by Gasteiger charge is -1.99. The second-order valence-electron chi connectivity index (χ2n) is 2.39. The molecule has 0 saturated carbocycles. The summed E-state index contributed by atoms with van der Waals surface area (Å²) in [5.41, 5.74) is 6.18. The number of hydrogen-bond acceptors (Lipinski definition) is 4. The van der Waals surface area contributed by atoms with Crippen LogP contribution in [0.15, 0.2) is 33.6 Å². The van der Waals surface area contributed by atoms with Crippen molar-refractivity contribution < 1.29 is 4.42 Å². The Morgan fingerprint density at radius 2 is 2.08 bits per heavy atom. The van der Waals surface area contributed by atoms with E-state index in [4.69, 9.17) is 10.2 Å². The highest BCUT2D eigenvalue weighted by molar-refractivity contribution is 9.10. The predicted octanol–water partition coefficient (Wildman–Crippen LogP) is 2.08. The SMILES string of the molecule is Nc1nccnc1-c1occc1Br. The van der Waals surface area contributed by atoms with Gasteiger partial charge in [-0.3, -0.25) is 0 Å². The highest BCUT2D eigenvalue weighted by atomic mass is 79.9. The Balaban J connectivity index is 2.59. The van der Waals surface area contributed by atoms with Crippen molar-refractivity contribution in [2.24, 2.45) is 0 Å². The number of nitrogens with two attached hydrogens (primary N) is 1. The van der Waals surface area contributed by atoms with Gasteiger partial charge in [-0.05, 0) is 22.0 Å². The van der Waals surface area contributed by atoms with Gasteiger partial charge in [-0.15, -0.1) is 0 Å². The fourth-order valence-corrected chi connectivity index (χ4v) is 1.38. The van der Waals surface area contributed by atoms with Gasteiger partial charge in [0.25, 0.3) is 0 Å². The summed E-state index contributed by atoms with van der Waals surface area (Å²) in [5.74, 6) is 0.962. The number of nitrogen functional groups attached to an aromatic ring is 1. The number of furan rings is 1. The standard InChI is InChI=1S/C8H6BrN3O/c9-5-1-4-13-7(5)6-8(10)12-3-2-11-6/h1-4H,(H2,10,12). The number of aromatic nitrogens is 2. The van der Waals surface area contributed by atoms with Crippen LogP contribution in [0.2, 0.25) is 0 Å². The molecule has 0 atom stereocenters. The Hall–Kier alpha value is -1.36. The van der Waals surface area contributed by atoms with E-state index in [1.807, 2.05) is 0 Å². The Morgan fingerprint density at radius 3 is 2.69 bits per heavy atom. The Morgan fingerprint density at radius 1 is 1.31 bits per heavy atom. The number of rotatable bonds is 1. The van der Waals surface area contributed by atoms with E-state index in [9.17, 15) is 0 Å². The van der Waals surface area contributed by atoms with Crippen LogP contribution in [0.5, 0.6) is 0 Å². The van der Waals surface area contributed by atoms with Crippen molar-refractivity contribution in [3.05, 3.63) is 29.2 Å². The van der Waals surface area contributed by atoms with Crippen LogP contribution in [-0.4, -0.2) is 9.97 Å². The van der Waals surface area contributed by atoms with E-state index in [1.54, 1.807) is 18.5 Å². The Labute approximate surface area is 82.9 Å². The summed E-state index contributed by atoms with van der Waals surface area (Å²) in [4.78, 5) is 7.98. The Bertz CT molecular complexity index is 427. The number of hydrogen-bond donors (Lipinski definition) is 1. The lowest BCUT2D eigenvalue weighted by Crippen LogP contribution is -1.95. The van der Waals surface area contributed by atoms with E-state index in [0.29, 0.717) is 17.3 Å². The summed E-state index contributed by atoms with van der Waals surface area (Å²) >= 11 is 3.32. The highest BCUT2D eigenvalue weighted by Gasteiger charge is 2.11. The summed E-state index contributed by atoms with van der Waals surface area (Å²) < 4.78 is 6.02. The van der Waals surface area contributed by atoms with Gasteiger partial charge in [-0.1, -0.05) is 0 Å². The fraction of sp³-hybridized carbons (Fsp3) is 0. The van der Waals surface area contributed by atoms with E-state index in [2.05, 4.69) is 25.9 Å². The van der Waals surface area contributed by atoms with Crippen molar-refractivity contribution in [3.63, 3.8) is 0 Å². The molecule has 0 amide bonds. The minimum Gasteiger partial charge on any atom is -0.461 e. The number of halogens is 1. The third-order valence-electron chi connectivity index (χ3n) is 1.56. The quantitative estimate of drug-likeness (QED) is 0.828. The molecule has 0 fully saturated rings. The summed E-state index contributed by atoms with van der Waals surface area (Å²) in [5, 5.41) is 0. The summed E-state index contributed by atoms with van der Waals surface area (Å²) in [6, 6.07) is 1.78. The van der Waals surface area contributed by atoms with Gasteiger partial charge in [0, 0.05) is 12.4 Å². The second kappa shape index (κ2) is 3.18. The first kappa shape index (κ1) is 8.25. The average molecular weight is 240 g/mol. The normalized spacial score (nSPS) is 10.2. The molecule has 0 spiro atoms. The van der Waals surface area contributed by atoms with Crippen molar-refractivity contribution in [2.45, 2.75) is 0 Å². The lowest BCUT2D eigenvalue weighted by atomic mass is 10.3. The first-order valence-corrected chi connectivity index (χ1v) is 4.38. The van der Waals surface area contributed by atoms with Crippen LogP contribution in [0, 0.1) is 0 Å². The number of nitrogens with zero attached hydrogens (tertiary/aromatic N) is 2. The van der Waals surface area contributed by atoms with E-state index >= 15 is 0 Å². The van der Waals surface area contributed by atoms with Crippen LogP contribution in [-0.2, 0) is 0 Å². The van der Waals surface area contributed by atoms with E-state index < -0.39 is 0 Å². The van der Waals surface area contributed by atoms with Crippen LogP contribution in [0.25, 0.3) is 11.5 Å². The third kappa shape index (κ3) is 1.42. The molecule has 0 radical (unpaired) electrons. The first-order chi connectivity index (χ1) is 6.29. The maximum atomic E-state index is 5.63. The molecule has 0 unspecified atom stereocenters. The van der Waals surface area contributed by atoms with Gasteiger partial charge in [0.2, 0.25) is 0 Å². The average Bonchev–Trinajstić information content (AvgIpc) is 2.52. The smallest absolute Gasteiger partial charge is 0.170 e. The van der Waals surface area contributed by atoms with Crippen LogP contribution < -0.4 is 5.73 Å². The predicted molar refractivity (Wildman–Crippen MR) is 51.8 cm³/mol. The fourth-order valence-electron chi connectivity index (χ4n) is 0.986. The largest absolute Gasteiger partial charge is 0.461 e. The van der Waals surface area contributed by atoms with Gasteiger partial charge in [0.15, 0.2) is 11.6 Å². The molecule has 13 heavy (non-hydrogen) atoms. The minimum atomic E-state index is 0.359. The molecular formula is C8H6BrN3O. The van der Waals surface area contributed by atoms with Gasteiger partial charge in [0.05, 0.1) is 10.7 Å². The molecule has 2 N–H and O–H groups in total. The molecule has 2 aromatic rings. The van der Waals surface area contributed by atoms with E-state index in [1.165, 1.54) is 6.20 Å². The van der Waals surface area contributed by atoms with Crippen molar-refractivity contribution in [1.29, 1.82) is 0 Å². The van der Waals surface area contributed by atoms with Gasteiger partial charge in [-0.2, -0.15) is 0 Å². The third-order valence-corrected chi connectivity index (χ3v) is 2.18. The minimum absolute atomic E-state index is 0.359. The molecule has 0 aromatic carbocycles. The van der Waals surface area contributed by atoms with Gasteiger partial charge in [0.1, 0.15) is 5.69 Å². The van der Waals surface area contributed by atoms with Crippen LogP contribution in [0.4, 0.5) is 5.82 Å². The van der Waals surface area contributed by atoms with Crippen LogP contribution in [0.1, 0.15) is 0 Å². The van der Waals surface area contributed by atoms with Crippen LogP contribution in [0.3, 0.4) is 0 Å². The molecular weight excluding hydrogens is 234 g/mol. The van der Waals surface area contributed by atoms with Crippen LogP contribution >= 0.6 is 15.9 Å². The molecule has 0 aliphatic rings. The molecule has 0 bridgehead atoms. The molecule has 4 nitrogen and oxygen atoms in total. The zero-order valence-corrected chi connectivity index (χ0v) is 8.15. The summed E-state index contributed by atoms with van der Waals surface area (Å²) in [6.07, 6.45) is 4.67. The Kier molecular flexibility index (Phi) is 2.02. The van der Waals surface area contributed by atoms with E-state index in [-0.39, 0.29) is 0 Å². The summed E-state index contributed by atoms with van der Waals surface area (Å²) in [7, 11) is 0. The van der Waals surface area contributed by atoms with E-state index in [0.717, 1.165) is 4.47 Å². The molecule has 66 valence electrons. The molecule has 2 aromatic heterocycles. The molecule has 5 heteroatoms. The van der Waals surface area contributed by atoms with Crippen molar-refractivity contribution in [3.8, 4) is 11.5 Å². The van der Waals surface area contributed by atoms with Crippen molar-refractivity contribution in [1.82, 2.24) is 9.97 Å². The second-order valence-corrected chi connectivity index (χ2v) is 3.24. The molecule has 2 rings (SSSR count). The lowest BCUT2D eigenvalue weighted by molar-refractivity contribution is 0.579. The first-order valence-electron chi connectivity index (χ1n) is 3.59. The topological polar surface area (TPSA) is 64.9 Å².